The molecule has 2 atom stereocenters. The average Bonchev–Trinajstić information content (AvgIpc) is 2.41. The zero-order chi connectivity index (χ0) is 14.0. The van der Waals surface area contributed by atoms with Gasteiger partial charge >= 0.3 is 0 Å². The molecule has 0 spiro atoms. The van der Waals surface area contributed by atoms with Crippen LogP contribution in [0.1, 0.15) is 31.0 Å². The molecule has 0 saturated carbocycles. The van der Waals surface area contributed by atoms with E-state index in [0.717, 1.165) is 30.8 Å². The number of rotatable bonds is 3. The lowest BCUT2D eigenvalue weighted by molar-refractivity contribution is -0.0502. The van der Waals surface area contributed by atoms with Crippen LogP contribution in [-0.2, 0) is 4.74 Å². The van der Waals surface area contributed by atoms with Gasteiger partial charge in [-0.1, -0.05) is 0 Å². The highest BCUT2D eigenvalue weighted by Gasteiger charge is 2.29. The molecular formula is C14H24N4O. The first-order valence-corrected chi connectivity index (χ1v) is 6.82. The molecule has 19 heavy (non-hydrogen) atoms. The first-order chi connectivity index (χ1) is 8.99. The van der Waals surface area contributed by atoms with Crippen LogP contribution >= 0.6 is 0 Å². The van der Waals surface area contributed by atoms with Crippen molar-refractivity contribution in [3.63, 3.8) is 0 Å². The Bertz CT molecular complexity index is 435. The zero-order valence-corrected chi connectivity index (χ0v) is 12.0. The van der Waals surface area contributed by atoms with Crippen LogP contribution in [0.3, 0.4) is 0 Å². The van der Waals surface area contributed by atoms with Crippen molar-refractivity contribution >= 4 is 5.82 Å². The molecule has 4 N–H and O–H groups in total. The van der Waals surface area contributed by atoms with Gasteiger partial charge in [-0.05, 0) is 32.4 Å². The minimum Gasteiger partial charge on any atom is -0.383 e. The molecule has 0 aliphatic carbocycles. The molecular weight excluding hydrogens is 240 g/mol. The molecule has 0 aromatic carbocycles. The van der Waals surface area contributed by atoms with E-state index < -0.39 is 0 Å². The Balaban J connectivity index is 2.14. The van der Waals surface area contributed by atoms with Gasteiger partial charge < -0.3 is 16.2 Å². The van der Waals surface area contributed by atoms with Crippen LogP contribution in [-0.4, -0.2) is 41.7 Å². The third kappa shape index (κ3) is 3.23. The summed E-state index contributed by atoms with van der Waals surface area (Å²) in [4.78, 5) is 6.56. The molecule has 0 amide bonds. The summed E-state index contributed by atoms with van der Waals surface area (Å²) in [6.45, 7) is 8.89. The summed E-state index contributed by atoms with van der Waals surface area (Å²) in [5.41, 5.74) is 14.2. The summed E-state index contributed by atoms with van der Waals surface area (Å²) in [5, 5.41) is 0. The van der Waals surface area contributed by atoms with Crippen LogP contribution in [0.5, 0.6) is 0 Å². The third-order valence-electron chi connectivity index (χ3n) is 3.70. The number of hydrogen-bond donors (Lipinski definition) is 2. The van der Waals surface area contributed by atoms with Crippen LogP contribution in [0.25, 0.3) is 0 Å². The molecule has 1 aliphatic heterocycles. The number of nitrogens with two attached hydrogens (primary N) is 2. The van der Waals surface area contributed by atoms with Crippen molar-refractivity contribution in [3.8, 4) is 0 Å². The van der Waals surface area contributed by atoms with Gasteiger partial charge in [-0.15, -0.1) is 0 Å². The molecule has 1 fully saturated rings. The smallest absolute Gasteiger partial charge is 0.128 e. The van der Waals surface area contributed by atoms with Gasteiger partial charge in [0.15, 0.2) is 0 Å². The number of hydrogen-bond acceptors (Lipinski definition) is 5. The van der Waals surface area contributed by atoms with E-state index in [-0.39, 0.29) is 12.1 Å². The van der Waals surface area contributed by atoms with Gasteiger partial charge in [0.05, 0.1) is 18.8 Å². The second-order valence-electron chi connectivity index (χ2n) is 5.51. The highest BCUT2D eigenvalue weighted by Crippen LogP contribution is 2.25. The minimum atomic E-state index is -0.228. The van der Waals surface area contributed by atoms with Gasteiger partial charge in [0.25, 0.3) is 0 Å². The molecule has 1 saturated heterocycles. The van der Waals surface area contributed by atoms with E-state index >= 15 is 0 Å². The van der Waals surface area contributed by atoms with Crippen molar-refractivity contribution in [2.45, 2.75) is 39.0 Å². The first-order valence-electron chi connectivity index (χ1n) is 6.82. The molecule has 106 valence electrons. The largest absolute Gasteiger partial charge is 0.383 e. The lowest BCUT2D eigenvalue weighted by atomic mass is 10.00. The first kappa shape index (κ1) is 14.2. The fraction of sp³-hybridized carbons (Fsp3) is 0.643. The van der Waals surface area contributed by atoms with E-state index in [1.807, 2.05) is 13.0 Å². The van der Waals surface area contributed by atoms with E-state index in [0.29, 0.717) is 11.9 Å². The molecule has 5 nitrogen and oxygen atoms in total. The number of morpholine rings is 1. The molecule has 2 heterocycles. The molecule has 1 aromatic rings. The van der Waals surface area contributed by atoms with E-state index in [9.17, 15) is 0 Å². The standard InChI is InChI=1S/C14H24N4O/c1-9(2)18-4-5-19-12(8-18)13(15)11-6-10(3)7-17-14(11)16/h6-7,9,12-13H,4-5,8,15H2,1-3H3,(H2,16,17). The van der Waals surface area contributed by atoms with Gasteiger partial charge in [0.1, 0.15) is 5.82 Å². The summed E-state index contributed by atoms with van der Waals surface area (Å²) >= 11 is 0. The maximum atomic E-state index is 6.33. The number of pyridine rings is 1. The van der Waals surface area contributed by atoms with Crippen LogP contribution in [0.2, 0.25) is 0 Å². The Labute approximate surface area is 114 Å². The van der Waals surface area contributed by atoms with Gasteiger partial charge in [0.2, 0.25) is 0 Å². The normalized spacial score (nSPS) is 22.7. The van der Waals surface area contributed by atoms with E-state index in [1.165, 1.54) is 0 Å². The minimum absolute atomic E-state index is 0.0259. The van der Waals surface area contributed by atoms with E-state index in [4.69, 9.17) is 16.2 Å². The summed E-state index contributed by atoms with van der Waals surface area (Å²) in [7, 11) is 0. The third-order valence-corrected chi connectivity index (χ3v) is 3.70. The summed E-state index contributed by atoms with van der Waals surface area (Å²) < 4.78 is 5.82. The highest BCUT2D eigenvalue weighted by atomic mass is 16.5. The SMILES string of the molecule is Cc1cnc(N)c(C(N)C2CN(C(C)C)CCO2)c1. The maximum absolute atomic E-state index is 6.33. The predicted molar refractivity (Wildman–Crippen MR) is 76.8 cm³/mol. The predicted octanol–water partition coefficient (Wildman–Crippen LogP) is 1.08. The van der Waals surface area contributed by atoms with Crippen molar-refractivity contribution in [2.24, 2.45) is 5.73 Å². The fourth-order valence-corrected chi connectivity index (χ4v) is 2.45. The van der Waals surface area contributed by atoms with Gasteiger partial charge in [0, 0.05) is 30.9 Å². The van der Waals surface area contributed by atoms with Crippen LogP contribution in [0, 0.1) is 6.92 Å². The number of ether oxygens (including phenoxy) is 1. The Morgan fingerprint density at radius 2 is 2.21 bits per heavy atom. The Hall–Kier alpha value is -1.17. The topological polar surface area (TPSA) is 77.4 Å². The summed E-state index contributed by atoms with van der Waals surface area (Å²) in [6, 6.07) is 2.28. The number of nitrogen functional groups attached to an aromatic ring is 1. The Morgan fingerprint density at radius 1 is 1.47 bits per heavy atom. The molecule has 2 unspecified atom stereocenters. The molecule has 2 rings (SSSR count). The maximum Gasteiger partial charge on any atom is 0.128 e. The van der Waals surface area contributed by atoms with Crippen molar-refractivity contribution < 1.29 is 4.74 Å². The van der Waals surface area contributed by atoms with Crippen LogP contribution in [0.15, 0.2) is 12.3 Å². The van der Waals surface area contributed by atoms with Gasteiger partial charge in [-0.25, -0.2) is 4.98 Å². The fourth-order valence-electron chi connectivity index (χ4n) is 2.45. The second kappa shape index (κ2) is 5.86. The monoisotopic (exact) mass is 264 g/mol. The molecule has 1 aromatic heterocycles. The second-order valence-corrected chi connectivity index (χ2v) is 5.51. The quantitative estimate of drug-likeness (QED) is 0.854. The van der Waals surface area contributed by atoms with Crippen molar-refractivity contribution in [1.29, 1.82) is 0 Å². The summed E-state index contributed by atoms with van der Waals surface area (Å²) in [6.07, 6.45) is 1.73. The lowest BCUT2D eigenvalue weighted by Crippen LogP contribution is -2.49. The summed E-state index contributed by atoms with van der Waals surface area (Å²) in [5.74, 6) is 0.503. The van der Waals surface area contributed by atoms with Crippen molar-refractivity contribution in [2.75, 3.05) is 25.4 Å². The average molecular weight is 264 g/mol. The Kier molecular flexibility index (Phi) is 4.39. The number of anilines is 1. The highest BCUT2D eigenvalue weighted by molar-refractivity contribution is 5.43. The number of nitrogens with zero attached hydrogens (tertiary/aromatic N) is 2. The van der Waals surface area contributed by atoms with Gasteiger partial charge in [-0.2, -0.15) is 0 Å². The van der Waals surface area contributed by atoms with E-state index in [2.05, 4.69) is 23.7 Å². The van der Waals surface area contributed by atoms with Crippen LogP contribution < -0.4 is 11.5 Å². The van der Waals surface area contributed by atoms with Crippen LogP contribution in [0.4, 0.5) is 5.82 Å². The van der Waals surface area contributed by atoms with Gasteiger partial charge in [-0.3, -0.25) is 4.90 Å². The van der Waals surface area contributed by atoms with E-state index in [1.54, 1.807) is 6.20 Å². The number of aromatic nitrogens is 1. The molecule has 1 aliphatic rings. The molecule has 0 radical (unpaired) electrons. The van der Waals surface area contributed by atoms with Crippen molar-refractivity contribution in [3.05, 3.63) is 23.4 Å². The Morgan fingerprint density at radius 3 is 2.89 bits per heavy atom. The van der Waals surface area contributed by atoms with Crippen molar-refractivity contribution in [1.82, 2.24) is 9.88 Å². The lowest BCUT2D eigenvalue weighted by Gasteiger charge is -2.38. The zero-order valence-electron chi connectivity index (χ0n) is 12.0. The number of aryl methyl sites for hydroxylation is 1. The molecule has 5 heteroatoms. The molecule has 0 bridgehead atoms.